The SMILES string of the molecule is CC1CS(=O)(=O)CCN1c1ncccc1CNC1CC1. The van der Waals surface area contributed by atoms with Crippen molar-refractivity contribution in [3.63, 3.8) is 0 Å². The summed E-state index contributed by atoms with van der Waals surface area (Å²) in [4.78, 5) is 6.62. The molecule has 2 aliphatic rings. The van der Waals surface area contributed by atoms with Crippen LogP contribution < -0.4 is 10.2 Å². The molecule has 2 heterocycles. The minimum absolute atomic E-state index is 0.0108. The summed E-state index contributed by atoms with van der Waals surface area (Å²) >= 11 is 0. The zero-order valence-electron chi connectivity index (χ0n) is 11.7. The molecule has 1 aliphatic carbocycles. The van der Waals surface area contributed by atoms with Gasteiger partial charge in [0.15, 0.2) is 9.84 Å². The molecule has 1 aromatic rings. The van der Waals surface area contributed by atoms with Crippen LogP contribution in [-0.4, -0.2) is 43.5 Å². The molecule has 1 aromatic heterocycles. The number of hydrogen-bond acceptors (Lipinski definition) is 5. The highest BCUT2D eigenvalue weighted by molar-refractivity contribution is 7.91. The number of nitrogens with zero attached hydrogens (tertiary/aromatic N) is 2. The van der Waals surface area contributed by atoms with Gasteiger partial charge in [-0.15, -0.1) is 0 Å². The molecule has 110 valence electrons. The van der Waals surface area contributed by atoms with Gasteiger partial charge in [0.05, 0.1) is 11.5 Å². The van der Waals surface area contributed by atoms with Crippen LogP contribution in [0.25, 0.3) is 0 Å². The highest BCUT2D eigenvalue weighted by Gasteiger charge is 2.30. The lowest BCUT2D eigenvalue weighted by Gasteiger charge is -2.35. The topological polar surface area (TPSA) is 62.3 Å². The molecule has 1 atom stereocenters. The molecule has 1 N–H and O–H groups in total. The molecule has 3 rings (SSSR count). The van der Waals surface area contributed by atoms with Crippen molar-refractivity contribution in [3.05, 3.63) is 23.9 Å². The second-order valence-corrected chi connectivity index (χ2v) is 8.03. The summed E-state index contributed by atoms with van der Waals surface area (Å²) in [6.07, 6.45) is 4.30. The van der Waals surface area contributed by atoms with Crippen molar-refractivity contribution in [2.24, 2.45) is 0 Å². The molecule has 1 aliphatic heterocycles. The standard InChI is InChI=1S/C14H21N3O2S/c1-11-10-20(18,19)8-7-17(11)14-12(3-2-6-15-14)9-16-13-4-5-13/h2-3,6,11,13,16H,4-5,7-10H2,1H3. The molecular formula is C14H21N3O2S. The lowest BCUT2D eigenvalue weighted by Crippen LogP contribution is -2.47. The number of rotatable bonds is 4. The van der Waals surface area contributed by atoms with Crippen LogP contribution in [0.3, 0.4) is 0 Å². The molecule has 1 saturated carbocycles. The van der Waals surface area contributed by atoms with E-state index in [0.29, 0.717) is 12.6 Å². The van der Waals surface area contributed by atoms with E-state index in [9.17, 15) is 8.42 Å². The minimum atomic E-state index is -2.89. The van der Waals surface area contributed by atoms with Gasteiger partial charge in [-0.05, 0) is 25.8 Å². The van der Waals surface area contributed by atoms with Crippen LogP contribution >= 0.6 is 0 Å². The Balaban J connectivity index is 1.78. The van der Waals surface area contributed by atoms with Crippen LogP contribution in [0.15, 0.2) is 18.3 Å². The molecule has 1 unspecified atom stereocenters. The lowest BCUT2D eigenvalue weighted by molar-refractivity contribution is 0.565. The van der Waals surface area contributed by atoms with Crippen molar-refractivity contribution in [2.75, 3.05) is 23.0 Å². The third kappa shape index (κ3) is 3.12. The quantitative estimate of drug-likeness (QED) is 0.896. The second-order valence-electron chi connectivity index (χ2n) is 5.80. The van der Waals surface area contributed by atoms with E-state index in [1.807, 2.05) is 13.0 Å². The van der Waals surface area contributed by atoms with Crippen LogP contribution in [0.5, 0.6) is 0 Å². The predicted molar refractivity (Wildman–Crippen MR) is 79.6 cm³/mol. The zero-order valence-corrected chi connectivity index (χ0v) is 12.6. The first-order chi connectivity index (χ1) is 9.55. The molecule has 1 saturated heterocycles. The number of hydrogen-bond donors (Lipinski definition) is 1. The lowest BCUT2D eigenvalue weighted by atomic mass is 10.2. The number of nitrogens with one attached hydrogen (secondary N) is 1. The molecule has 5 nitrogen and oxygen atoms in total. The first kappa shape index (κ1) is 13.8. The Labute approximate surface area is 120 Å². The highest BCUT2D eigenvalue weighted by atomic mass is 32.2. The van der Waals surface area contributed by atoms with Gasteiger partial charge < -0.3 is 10.2 Å². The molecule has 0 spiro atoms. The maximum Gasteiger partial charge on any atom is 0.154 e. The fourth-order valence-corrected chi connectivity index (χ4v) is 4.24. The summed E-state index contributed by atoms with van der Waals surface area (Å²) in [5.74, 6) is 1.38. The molecule has 2 fully saturated rings. The van der Waals surface area contributed by atoms with Crippen molar-refractivity contribution in [3.8, 4) is 0 Å². The maximum absolute atomic E-state index is 11.7. The summed E-state index contributed by atoms with van der Waals surface area (Å²) in [6, 6.07) is 4.66. The van der Waals surface area contributed by atoms with Crippen LogP contribution in [0, 0.1) is 0 Å². The van der Waals surface area contributed by atoms with Gasteiger partial charge in [0.25, 0.3) is 0 Å². The summed E-state index contributed by atoms with van der Waals surface area (Å²) in [5, 5.41) is 3.50. The highest BCUT2D eigenvalue weighted by Crippen LogP contribution is 2.25. The summed E-state index contributed by atoms with van der Waals surface area (Å²) in [6.45, 7) is 3.31. The Morgan fingerprint density at radius 2 is 2.25 bits per heavy atom. The Morgan fingerprint density at radius 1 is 1.45 bits per heavy atom. The minimum Gasteiger partial charge on any atom is -0.352 e. The fraction of sp³-hybridized carbons (Fsp3) is 0.643. The van der Waals surface area contributed by atoms with E-state index >= 15 is 0 Å². The maximum atomic E-state index is 11.7. The van der Waals surface area contributed by atoms with Crippen LogP contribution in [0.2, 0.25) is 0 Å². The van der Waals surface area contributed by atoms with Gasteiger partial charge in [-0.25, -0.2) is 13.4 Å². The van der Waals surface area contributed by atoms with Crippen molar-refractivity contribution in [1.29, 1.82) is 0 Å². The molecule has 0 bridgehead atoms. The van der Waals surface area contributed by atoms with E-state index < -0.39 is 9.84 Å². The van der Waals surface area contributed by atoms with Crippen LogP contribution in [0.1, 0.15) is 25.3 Å². The van der Waals surface area contributed by atoms with Gasteiger partial charge in [0, 0.05) is 36.9 Å². The largest absolute Gasteiger partial charge is 0.352 e. The van der Waals surface area contributed by atoms with Gasteiger partial charge in [0.2, 0.25) is 0 Å². The Morgan fingerprint density at radius 3 is 2.95 bits per heavy atom. The summed E-state index contributed by atoms with van der Waals surface area (Å²) < 4.78 is 23.4. The molecule has 6 heteroatoms. The van der Waals surface area contributed by atoms with E-state index in [0.717, 1.165) is 17.9 Å². The monoisotopic (exact) mass is 295 g/mol. The van der Waals surface area contributed by atoms with Gasteiger partial charge in [-0.2, -0.15) is 0 Å². The molecule has 0 radical (unpaired) electrons. The number of anilines is 1. The van der Waals surface area contributed by atoms with Crippen molar-refractivity contribution < 1.29 is 8.42 Å². The van der Waals surface area contributed by atoms with Gasteiger partial charge in [0.1, 0.15) is 5.82 Å². The Kier molecular flexibility index (Phi) is 3.69. The van der Waals surface area contributed by atoms with E-state index in [1.165, 1.54) is 12.8 Å². The fourth-order valence-electron chi connectivity index (χ4n) is 2.68. The predicted octanol–water partition coefficient (Wildman–Crippen LogP) is 0.957. The van der Waals surface area contributed by atoms with Crippen LogP contribution in [-0.2, 0) is 16.4 Å². The van der Waals surface area contributed by atoms with Crippen molar-refractivity contribution in [1.82, 2.24) is 10.3 Å². The smallest absolute Gasteiger partial charge is 0.154 e. The van der Waals surface area contributed by atoms with Gasteiger partial charge in [-0.1, -0.05) is 6.07 Å². The second kappa shape index (κ2) is 5.33. The first-order valence-electron chi connectivity index (χ1n) is 7.19. The van der Waals surface area contributed by atoms with Crippen LogP contribution in [0.4, 0.5) is 5.82 Å². The molecule has 20 heavy (non-hydrogen) atoms. The van der Waals surface area contributed by atoms with Crippen molar-refractivity contribution >= 4 is 15.7 Å². The normalized spacial score (nSPS) is 25.6. The Bertz CT molecular complexity index is 584. The van der Waals surface area contributed by atoms with E-state index in [-0.39, 0.29) is 17.5 Å². The van der Waals surface area contributed by atoms with Gasteiger partial charge >= 0.3 is 0 Å². The number of aromatic nitrogens is 1. The summed E-state index contributed by atoms with van der Waals surface area (Å²) in [7, 11) is -2.89. The molecular weight excluding hydrogens is 274 g/mol. The van der Waals surface area contributed by atoms with E-state index in [4.69, 9.17) is 0 Å². The average molecular weight is 295 g/mol. The Hall–Kier alpha value is -1.14. The van der Waals surface area contributed by atoms with Crippen molar-refractivity contribution in [2.45, 2.75) is 38.4 Å². The van der Waals surface area contributed by atoms with E-state index in [1.54, 1.807) is 6.20 Å². The average Bonchev–Trinajstić information content (AvgIpc) is 3.20. The number of sulfone groups is 1. The third-order valence-electron chi connectivity index (χ3n) is 3.97. The zero-order chi connectivity index (χ0) is 14.2. The first-order valence-corrected chi connectivity index (χ1v) is 9.02. The summed E-state index contributed by atoms with van der Waals surface area (Å²) in [5.41, 5.74) is 1.16. The molecule has 0 amide bonds. The van der Waals surface area contributed by atoms with Gasteiger partial charge in [-0.3, -0.25) is 0 Å². The third-order valence-corrected chi connectivity index (χ3v) is 5.76. The van der Waals surface area contributed by atoms with E-state index in [2.05, 4.69) is 21.3 Å². The molecule has 0 aromatic carbocycles. The number of pyridine rings is 1.